The van der Waals surface area contributed by atoms with Crippen molar-refractivity contribution < 1.29 is 0 Å². The third kappa shape index (κ3) is 17.9. The molecular weight excluding hydrogens is 522 g/mol. The Kier molecular flexibility index (Phi) is 22.1. The summed E-state index contributed by atoms with van der Waals surface area (Å²) in [5.74, 6) is 0. The molecule has 0 fully saturated rings. The standard InChI is InChI=1S/C33H61N9/c34-11-1-14-37-17-4-20-40-26-29-7-9-32(10-8-29)33-24-30(27-41-21-5-18-38-15-2-12-35)23-31(25-33)28-42-22-6-19-39-16-3-13-36/h7-10,23-25,37-42H,1-6,11-22,26-28,34-36H2. The summed E-state index contributed by atoms with van der Waals surface area (Å²) < 4.78 is 0. The van der Waals surface area contributed by atoms with Crippen molar-refractivity contribution in [1.29, 1.82) is 0 Å². The van der Waals surface area contributed by atoms with Crippen molar-refractivity contribution in [3.63, 3.8) is 0 Å². The average molecular weight is 584 g/mol. The van der Waals surface area contributed by atoms with Gasteiger partial charge in [0.2, 0.25) is 0 Å². The van der Waals surface area contributed by atoms with Gasteiger partial charge in [-0.3, -0.25) is 0 Å². The molecule has 12 N–H and O–H groups in total. The molecule has 0 spiro atoms. The molecule has 0 heterocycles. The molecule has 0 aliphatic heterocycles. The maximum absolute atomic E-state index is 5.57. The van der Waals surface area contributed by atoms with Crippen LogP contribution in [0.25, 0.3) is 11.1 Å². The molecule has 0 radical (unpaired) electrons. The van der Waals surface area contributed by atoms with Gasteiger partial charge in [0.15, 0.2) is 0 Å². The molecule has 9 heteroatoms. The van der Waals surface area contributed by atoms with Crippen LogP contribution in [0.2, 0.25) is 0 Å². The summed E-state index contributed by atoms with van der Waals surface area (Å²) in [5, 5.41) is 21.2. The van der Waals surface area contributed by atoms with Gasteiger partial charge in [0.05, 0.1) is 0 Å². The Balaban J connectivity index is 1.87. The first kappa shape index (κ1) is 36.3. The highest BCUT2D eigenvalue weighted by Gasteiger charge is 2.05. The molecule has 42 heavy (non-hydrogen) atoms. The Morgan fingerprint density at radius 3 is 1.12 bits per heavy atom. The highest BCUT2D eigenvalue weighted by molar-refractivity contribution is 5.65. The fraction of sp³-hybridized carbons (Fsp3) is 0.636. The Hall–Kier alpha value is -1.92. The molecule has 0 atom stereocenters. The minimum absolute atomic E-state index is 0.748. The zero-order valence-electron chi connectivity index (χ0n) is 26.1. The second-order valence-electron chi connectivity index (χ2n) is 11.0. The molecule has 2 aromatic rings. The summed E-state index contributed by atoms with van der Waals surface area (Å²) in [6.07, 6.45) is 6.45. The van der Waals surface area contributed by atoms with E-state index in [2.05, 4.69) is 74.4 Å². The molecule has 0 amide bonds. The summed E-state index contributed by atoms with van der Waals surface area (Å²) in [5.41, 5.74) is 23.2. The van der Waals surface area contributed by atoms with Crippen molar-refractivity contribution in [2.75, 3.05) is 78.5 Å². The first-order chi connectivity index (χ1) is 20.8. The zero-order chi connectivity index (χ0) is 29.9. The van der Waals surface area contributed by atoms with Gasteiger partial charge in [-0.15, -0.1) is 0 Å². The van der Waals surface area contributed by atoms with Gasteiger partial charge in [-0.2, -0.15) is 0 Å². The predicted molar refractivity (Wildman–Crippen MR) is 180 cm³/mol. The van der Waals surface area contributed by atoms with Gasteiger partial charge in [-0.1, -0.05) is 30.3 Å². The van der Waals surface area contributed by atoms with Gasteiger partial charge in [-0.25, -0.2) is 0 Å². The monoisotopic (exact) mass is 584 g/mol. The largest absolute Gasteiger partial charge is 0.330 e. The molecule has 0 saturated carbocycles. The molecule has 0 aliphatic carbocycles. The fourth-order valence-electron chi connectivity index (χ4n) is 4.72. The maximum Gasteiger partial charge on any atom is 0.0205 e. The van der Waals surface area contributed by atoms with Crippen molar-refractivity contribution in [2.24, 2.45) is 17.2 Å². The van der Waals surface area contributed by atoms with Crippen LogP contribution in [0.15, 0.2) is 42.5 Å². The van der Waals surface area contributed by atoms with Crippen LogP contribution in [0.4, 0.5) is 0 Å². The second-order valence-corrected chi connectivity index (χ2v) is 11.0. The average Bonchev–Trinajstić information content (AvgIpc) is 3.01. The molecule has 0 bridgehead atoms. The van der Waals surface area contributed by atoms with Gasteiger partial charge in [0.1, 0.15) is 0 Å². The molecule has 2 rings (SSSR count). The van der Waals surface area contributed by atoms with E-state index in [1.807, 2.05) is 0 Å². The molecule has 2 aromatic carbocycles. The van der Waals surface area contributed by atoms with E-state index in [1.165, 1.54) is 27.8 Å². The summed E-state index contributed by atoms with van der Waals surface area (Å²) in [6, 6.07) is 16.0. The van der Waals surface area contributed by atoms with Gasteiger partial charge in [0.25, 0.3) is 0 Å². The lowest BCUT2D eigenvalue weighted by Crippen LogP contribution is -2.24. The molecule has 0 aromatic heterocycles. The van der Waals surface area contributed by atoms with Crippen LogP contribution in [0.5, 0.6) is 0 Å². The summed E-state index contributed by atoms with van der Waals surface area (Å²) in [7, 11) is 0. The first-order valence-corrected chi connectivity index (χ1v) is 16.3. The van der Waals surface area contributed by atoms with E-state index < -0.39 is 0 Å². The van der Waals surface area contributed by atoms with E-state index in [0.717, 1.165) is 137 Å². The minimum atomic E-state index is 0.748. The number of hydrogen-bond donors (Lipinski definition) is 9. The van der Waals surface area contributed by atoms with Crippen molar-refractivity contribution in [2.45, 2.75) is 58.2 Å². The lowest BCUT2D eigenvalue weighted by Gasteiger charge is -2.13. The van der Waals surface area contributed by atoms with Crippen LogP contribution < -0.4 is 49.1 Å². The Bertz CT molecular complexity index is 853. The number of benzene rings is 2. The van der Waals surface area contributed by atoms with Crippen LogP contribution in [0, 0.1) is 0 Å². The van der Waals surface area contributed by atoms with E-state index >= 15 is 0 Å². The third-order valence-electron chi connectivity index (χ3n) is 7.12. The molecule has 0 aliphatic rings. The van der Waals surface area contributed by atoms with Crippen molar-refractivity contribution >= 4 is 0 Å². The quantitative estimate of drug-likeness (QED) is 0.0681. The number of rotatable bonds is 28. The SMILES string of the molecule is NCCCNCCCNCc1ccc(-c2cc(CNCCCNCCCN)cc(CNCCCNCCCN)c2)cc1. The highest BCUT2D eigenvalue weighted by atomic mass is 14.9. The van der Waals surface area contributed by atoms with Crippen molar-refractivity contribution in [3.8, 4) is 11.1 Å². The molecule has 9 nitrogen and oxygen atoms in total. The van der Waals surface area contributed by atoms with Crippen molar-refractivity contribution in [3.05, 3.63) is 59.2 Å². The number of nitrogens with two attached hydrogens (primary N) is 3. The zero-order valence-corrected chi connectivity index (χ0v) is 26.1. The minimum Gasteiger partial charge on any atom is -0.330 e. The van der Waals surface area contributed by atoms with E-state index in [1.54, 1.807) is 0 Å². The first-order valence-electron chi connectivity index (χ1n) is 16.3. The van der Waals surface area contributed by atoms with E-state index in [0.29, 0.717) is 0 Å². The Morgan fingerprint density at radius 2 is 0.714 bits per heavy atom. The van der Waals surface area contributed by atoms with Crippen LogP contribution in [-0.4, -0.2) is 78.5 Å². The van der Waals surface area contributed by atoms with Gasteiger partial charge < -0.3 is 49.1 Å². The van der Waals surface area contributed by atoms with Crippen molar-refractivity contribution in [1.82, 2.24) is 31.9 Å². The van der Waals surface area contributed by atoms with Gasteiger partial charge >= 0.3 is 0 Å². The fourth-order valence-corrected chi connectivity index (χ4v) is 4.72. The molecule has 238 valence electrons. The lowest BCUT2D eigenvalue weighted by molar-refractivity contribution is 0.583. The summed E-state index contributed by atoms with van der Waals surface area (Å²) in [4.78, 5) is 0. The highest BCUT2D eigenvalue weighted by Crippen LogP contribution is 2.23. The van der Waals surface area contributed by atoms with E-state index in [4.69, 9.17) is 17.2 Å². The van der Waals surface area contributed by atoms with Gasteiger partial charge in [0, 0.05) is 19.6 Å². The van der Waals surface area contributed by atoms with Crippen LogP contribution in [0.3, 0.4) is 0 Å². The van der Waals surface area contributed by atoms with Gasteiger partial charge in [-0.05, 0) is 157 Å². The number of hydrogen-bond acceptors (Lipinski definition) is 9. The second kappa shape index (κ2) is 25.6. The molecular formula is C33H61N9. The smallest absolute Gasteiger partial charge is 0.0205 e. The van der Waals surface area contributed by atoms with Crippen LogP contribution in [-0.2, 0) is 19.6 Å². The van der Waals surface area contributed by atoms with Crippen LogP contribution >= 0.6 is 0 Å². The third-order valence-corrected chi connectivity index (χ3v) is 7.12. The van der Waals surface area contributed by atoms with Crippen LogP contribution in [0.1, 0.15) is 55.2 Å². The maximum atomic E-state index is 5.57. The normalized spacial score (nSPS) is 11.4. The Labute approximate surface area is 255 Å². The number of nitrogens with one attached hydrogen (secondary N) is 6. The summed E-state index contributed by atoms with van der Waals surface area (Å²) >= 11 is 0. The predicted octanol–water partition coefficient (Wildman–Crippen LogP) is 1.61. The molecule has 0 saturated heterocycles. The summed E-state index contributed by atoms with van der Waals surface area (Å²) in [6.45, 7) is 14.0. The topological polar surface area (TPSA) is 150 Å². The molecule has 0 unspecified atom stereocenters. The lowest BCUT2D eigenvalue weighted by atomic mass is 9.98. The van der Waals surface area contributed by atoms with E-state index in [-0.39, 0.29) is 0 Å². The Morgan fingerprint density at radius 1 is 0.357 bits per heavy atom. The van der Waals surface area contributed by atoms with E-state index in [9.17, 15) is 0 Å².